The maximum Gasteiger partial charge on any atom is 0.356 e. The monoisotopic (exact) mass is 292 g/mol. The number of carboxylic acid groups (broad SMARTS) is 1. The molecule has 0 saturated heterocycles. The lowest BCUT2D eigenvalue weighted by Gasteiger charge is -2.16. The smallest absolute Gasteiger partial charge is 0.356 e. The highest BCUT2D eigenvalue weighted by molar-refractivity contribution is 5.87. The number of nitrogens with zero attached hydrogens (tertiary/aromatic N) is 1. The zero-order chi connectivity index (χ0) is 15.6. The third-order valence-corrected chi connectivity index (χ3v) is 3.21. The van der Waals surface area contributed by atoms with E-state index >= 15 is 0 Å². The first-order valence-corrected chi connectivity index (χ1v) is 6.16. The minimum atomic E-state index is -1.21. The lowest BCUT2D eigenvalue weighted by molar-refractivity contribution is 0.0685. The SMILES string of the molecule is COc1cc(C)c(C(O)c2[nH]cnc2C(=O)O)cc1OC. The van der Waals surface area contributed by atoms with Gasteiger partial charge in [-0.3, -0.25) is 0 Å². The molecule has 0 aliphatic carbocycles. The van der Waals surface area contributed by atoms with E-state index in [-0.39, 0.29) is 11.4 Å². The number of aryl methyl sites for hydroxylation is 1. The summed E-state index contributed by atoms with van der Waals surface area (Å²) < 4.78 is 10.4. The lowest BCUT2D eigenvalue weighted by atomic mass is 9.99. The van der Waals surface area contributed by atoms with Crippen LogP contribution in [0.5, 0.6) is 11.5 Å². The molecule has 1 unspecified atom stereocenters. The van der Waals surface area contributed by atoms with Crippen LogP contribution in [0.15, 0.2) is 18.5 Å². The van der Waals surface area contributed by atoms with Gasteiger partial charge >= 0.3 is 5.97 Å². The van der Waals surface area contributed by atoms with Crippen molar-refractivity contribution in [3.8, 4) is 11.5 Å². The molecule has 0 aliphatic heterocycles. The van der Waals surface area contributed by atoms with Crippen molar-refractivity contribution in [2.45, 2.75) is 13.0 Å². The molecule has 0 bridgehead atoms. The van der Waals surface area contributed by atoms with Crippen molar-refractivity contribution in [1.29, 1.82) is 0 Å². The van der Waals surface area contributed by atoms with Crippen LogP contribution in [0.1, 0.15) is 33.4 Å². The number of aromatic carboxylic acids is 1. The molecule has 0 fully saturated rings. The molecule has 7 nitrogen and oxygen atoms in total. The molecule has 1 aromatic carbocycles. The fraction of sp³-hybridized carbons (Fsp3) is 0.286. The number of aromatic amines is 1. The van der Waals surface area contributed by atoms with Crippen LogP contribution >= 0.6 is 0 Å². The van der Waals surface area contributed by atoms with E-state index in [1.54, 1.807) is 19.1 Å². The summed E-state index contributed by atoms with van der Waals surface area (Å²) in [5.74, 6) is -0.217. The first-order chi connectivity index (χ1) is 9.99. The van der Waals surface area contributed by atoms with Crippen LogP contribution in [0.25, 0.3) is 0 Å². The Morgan fingerprint density at radius 2 is 1.90 bits per heavy atom. The summed E-state index contributed by atoms with van der Waals surface area (Å²) in [4.78, 5) is 17.5. The average Bonchev–Trinajstić information content (AvgIpc) is 2.95. The second-order valence-corrected chi connectivity index (χ2v) is 4.44. The van der Waals surface area contributed by atoms with E-state index < -0.39 is 12.1 Å². The molecule has 0 amide bonds. The van der Waals surface area contributed by atoms with Gasteiger partial charge in [0.2, 0.25) is 0 Å². The Morgan fingerprint density at radius 3 is 2.48 bits per heavy atom. The molecule has 2 aromatic rings. The van der Waals surface area contributed by atoms with Gasteiger partial charge in [0.25, 0.3) is 0 Å². The van der Waals surface area contributed by atoms with E-state index in [1.807, 2.05) is 0 Å². The number of hydrogen-bond acceptors (Lipinski definition) is 5. The first-order valence-electron chi connectivity index (χ1n) is 6.16. The summed E-state index contributed by atoms with van der Waals surface area (Å²) in [5.41, 5.74) is 1.17. The van der Waals surface area contributed by atoms with Crippen molar-refractivity contribution >= 4 is 5.97 Å². The number of ether oxygens (including phenoxy) is 2. The van der Waals surface area contributed by atoms with E-state index in [1.165, 1.54) is 20.5 Å². The minimum absolute atomic E-state index is 0.123. The van der Waals surface area contributed by atoms with Crippen molar-refractivity contribution in [2.75, 3.05) is 14.2 Å². The number of carboxylic acids is 1. The summed E-state index contributed by atoms with van der Waals surface area (Å²) in [6.45, 7) is 1.79. The number of benzene rings is 1. The van der Waals surface area contributed by atoms with Crippen LogP contribution in [0.4, 0.5) is 0 Å². The van der Waals surface area contributed by atoms with Gasteiger partial charge in [-0.2, -0.15) is 0 Å². The molecule has 21 heavy (non-hydrogen) atoms. The molecule has 3 N–H and O–H groups in total. The van der Waals surface area contributed by atoms with E-state index in [0.717, 1.165) is 5.56 Å². The molecule has 112 valence electrons. The molecule has 1 heterocycles. The number of rotatable bonds is 5. The molecule has 1 aromatic heterocycles. The van der Waals surface area contributed by atoms with E-state index in [0.29, 0.717) is 17.1 Å². The molecule has 0 radical (unpaired) electrons. The molecular formula is C14H16N2O5. The van der Waals surface area contributed by atoms with Gasteiger partial charge in [0.05, 0.1) is 26.2 Å². The summed E-state index contributed by atoms with van der Waals surface area (Å²) in [5, 5.41) is 19.5. The summed E-state index contributed by atoms with van der Waals surface area (Å²) in [6, 6.07) is 3.33. The van der Waals surface area contributed by atoms with Gasteiger partial charge in [0, 0.05) is 0 Å². The topological polar surface area (TPSA) is 105 Å². The predicted molar refractivity (Wildman–Crippen MR) is 73.9 cm³/mol. The molecule has 2 rings (SSSR count). The fourth-order valence-corrected chi connectivity index (χ4v) is 2.13. The largest absolute Gasteiger partial charge is 0.493 e. The average molecular weight is 292 g/mol. The molecule has 0 saturated carbocycles. The maximum absolute atomic E-state index is 11.1. The molecule has 0 aliphatic rings. The van der Waals surface area contributed by atoms with Crippen molar-refractivity contribution in [3.05, 3.63) is 41.0 Å². The highest BCUT2D eigenvalue weighted by Crippen LogP contribution is 2.35. The van der Waals surface area contributed by atoms with Gasteiger partial charge in [-0.15, -0.1) is 0 Å². The Bertz CT molecular complexity index is 665. The normalized spacial score (nSPS) is 12.0. The minimum Gasteiger partial charge on any atom is -0.493 e. The summed E-state index contributed by atoms with van der Waals surface area (Å²) >= 11 is 0. The Morgan fingerprint density at radius 1 is 1.29 bits per heavy atom. The van der Waals surface area contributed by atoms with Crippen LogP contribution in [0.2, 0.25) is 0 Å². The first kappa shape index (κ1) is 14.9. The number of aromatic nitrogens is 2. The lowest BCUT2D eigenvalue weighted by Crippen LogP contribution is -2.10. The molecule has 7 heteroatoms. The number of H-pyrrole nitrogens is 1. The quantitative estimate of drug-likeness (QED) is 0.771. The van der Waals surface area contributed by atoms with Crippen LogP contribution in [0.3, 0.4) is 0 Å². The third kappa shape index (κ3) is 2.68. The van der Waals surface area contributed by atoms with E-state index in [2.05, 4.69) is 9.97 Å². The number of carbonyl (C=O) groups is 1. The standard InChI is InChI=1S/C14H16N2O5/c1-7-4-9(20-2)10(21-3)5-8(7)13(17)11-12(14(18)19)16-6-15-11/h4-6,13,17H,1-3H3,(H,15,16)(H,18,19). The van der Waals surface area contributed by atoms with Gasteiger partial charge in [-0.05, 0) is 30.2 Å². The second kappa shape index (κ2) is 5.84. The zero-order valence-electron chi connectivity index (χ0n) is 11.9. The number of methoxy groups -OCH3 is 2. The Hall–Kier alpha value is -2.54. The number of aliphatic hydroxyl groups is 1. The van der Waals surface area contributed by atoms with Crippen molar-refractivity contribution in [1.82, 2.24) is 9.97 Å². The van der Waals surface area contributed by atoms with Crippen molar-refractivity contribution in [3.63, 3.8) is 0 Å². The maximum atomic E-state index is 11.1. The van der Waals surface area contributed by atoms with E-state index in [4.69, 9.17) is 14.6 Å². The third-order valence-electron chi connectivity index (χ3n) is 3.21. The van der Waals surface area contributed by atoms with Gasteiger partial charge in [-0.1, -0.05) is 0 Å². The Balaban J connectivity index is 2.50. The molecule has 0 spiro atoms. The molecular weight excluding hydrogens is 276 g/mol. The van der Waals surface area contributed by atoms with Crippen LogP contribution in [-0.2, 0) is 0 Å². The molecule has 1 atom stereocenters. The van der Waals surface area contributed by atoms with Gasteiger partial charge < -0.3 is 24.7 Å². The Labute approximate surface area is 121 Å². The van der Waals surface area contributed by atoms with Crippen LogP contribution in [0, 0.1) is 6.92 Å². The van der Waals surface area contributed by atoms with Gasteiger partial charge in [-0.25, -0.2) is 9.78 Å². The van der Waals surface area contributed by atoms with Crippen molar-refractivity contribution < 1.29 is 24.5 Å². The number of nitrogens with one attached hydrogen (secondary N) is 1. The van der Waals surface area contributed by atoms with Crippen LogP contribution < -0.4 is 9.47 Å². The number of aliphatic hydroxyl groups excluding tert-OH is 1. The zero-order valence-corrected chi connectivity index (χ0v) is 11.9. The number of hydrogen-bond donors (Lipinski definition) is 3. The van der Waals surface area contributed by atoms with Gasteiger partial charge in [0.15, 0.2) is 17.2 Å². The number of imidazole rings is 1. The second-order valence-electron chi connectivity index (χ2n) is 4.44. The predicted octanol–water partition coefficient (Wildman–Crippen LogP) is 1.52. The fourth-order valence-electron chi connectivity index (χ4n) is 2.13. The van der Waals surface area contributed by atoms with E-state index in [9.17, 15) is 9.90 Å². The Kier molecular flexibility index (Phi) is 4.13. The highest BCUT2D eigenvalue weighted by Gasteiger charge is 2.24. The summed E-state index contributed by atoms with van der Waals surface area (Å²) in [7, 11) is 3.01. The summed E-state index contributed by atoms with van der Waals surface area (Å²) in [6.07, 6.45) is 0.0800. The van der Waals surface area contributed by atoms with Gasteiger partial charge in [0.1, 0.15) is 6.10 Å². The highest BCUT2D eigenvalue weighted by atomic mass is 16.5. The van der Waals surface area contributed by atoms with Crippen molar-refractivity contribution in [2.24, 2.45) is 0 Å². The van der Waals surface area contributed by atoms with Crippen LogP contribution in [-0.4, -0.2) is 40.4 Å².